The predicted molar refractivity (Wildman–Crippen MR) is 50.3 cm³/mol. The van der Waals surface area contributed by atoms with Gasteiger partial charge in [0.05, 0.1) is 0 Å². The Morgan fingerprint density at radius 2 is 2.00 bits per heavy atom. The van der Waals surface area contributed by atoms with E-state index in [9.17, 15) is 0 Å². The van der Waals surface area contributed by atoms with Gasteiger partial charge in [0.1, 0.15) is 6.23 Å². The standard InChI is InChI=1S/C10H13NO/c1-9(12)11-8-7-10-5-3-2-4-6-10/h2-9,11-12H,1H3/b8-7+. The highest BCUT2D eigenvalue weighted by Crippen LogP contribution is 1.99. The van der Waals surface area contributed by atoms with Crippen LogP contribution in [-0.4, -0.2) is 11.3 Å². The molecule has 64 valence electrons. The molecule has 2 N–H and O–H groups in total. The molecule has 1 rings (SSSR count). The summed E-state index contributed by atoms with van der Waals surface area (Å²) in [6, 6.07) is 9.92. The maximum atomic E-state index is 8.87. The molecular weight excluding hydrogens is 150 g/mol. The molecule has 0 amide bonds. The van der Waals surface area contributed by atoms with Gasteiger partial charge in [0.25, 0.3) is 0 Å². The molecule has 0 aliphatic carbocycles. The van der Waals surface area contributed by atoms with E-state index >= 15 is 0 Å². The Kier molecular flexibility index (Phi) is 3.35. The zero-order valence-corrected chi connectivity index (χ0v) is 7.07. The van der Waals surface area contributed by atoms with Gasteiger partial charge in [0, 0.05) is 0 Å². The van der Waals surface area contributed by atoms with Crippen molar-refractivity contribution in [1.29, 1.82) is 0 Å². The number of hydrogen-bond donors (Lipinski definition) is 2. The van der Waals surface area contributed by atoms with E-state index in [2.05, 4.69) is 5.32 Å². The number of nitrogens with one attached hydrogen (secondary N) is 1. The van der Waals surface area contributed by atoms with Crippen LogP contribution in [0.1, 0.15) is 12.5 Å². The Hall–Kier alpha value is -1.28. The SMILES string of the molecule is CC(O)N/C=C/c1ccccc1. The minimum Gasteiger partial charge on any atom is -0.374 e. The molecule has 0 spiro atoms. The molecule has 0 aliphatic heterocycles. The van der Waals surface area contributed by atoms with E-state index < -0.39 is 6.23 Å². The van der Waals surface area contributed by atoms with Crippen molar-refractivity contribution in [2.24, 2.45) is 0 Å². The smallest absolute Gasteiger partial charge is 0.121 e. The number of rotatable bonds is 3. The molecule has 1 aromatic rings. The number of benzene rings is 1. The van der Waals surface area contributed by atoms with Crippen molar-refractivity contribution in [3.63, 3.8) is 0 Å². The first-order valence-electron chi connectivity index (χ1n) is 3.95. The van der Waals surface area contributed by atoms with Crippen molar-refractivity contribution < 1.29 is 5.11 Å². The highest BCUT2D eigenvalue weighted by Gasteiger charge is 1.85. The molecule has 2 heteroatoms. The fourth-order valence-corrected chi connectivity index (χ4v) is 0.848. The highest BCUT2D eigenvalue weighted by molar-refractivity contribution is 5.48. The lowest BCUT2D eigenvalue weighted by Gasteiger charge is -2.01. The molecule has 0 heterocycles. The van der Waals surface area contributed by atoms with Gasteiger partial charge in [-0.1, -0.05) is 30.3 Å². The quantitative estimate of drug-likeness (QED) is 0.663. The van der Waals surface area contributed by atoms with Crippen LogP contribution < -0.4 is 5.32 Å². The van der Waals surface area contributed by atoms with Gasteiger partial charge < -0.3 is 10.4 Å². The predicted octanol–water partition coefficient (Wildman–Crippen LogP) is 1.59. The molecule has 2 nitrogen and oxygen atoms in total. The zero-order valence-electron chi connectivity index (χ0n) is 7.07. The van der Waals surface area contributed by atoms with Gasteiger partial charge in [-0.25, -0.2) is 0 Å². The normalized spacial score (nSPS) is 13.2. The zero-order chi connectivity index (χ0) is 8.81. The second-order valence-corrected chi connectivity index (χ2v) is 2.59. The Labute approximate surface area is 72.5 Å². The van der Waals surface area contributed by atoms with E-state index in [0.717, 1.165) is 5.56 Å². The Balaban J connectivity index is 2.47. The van der Waals surface area contributed by atoms with E-state index in [1.54, 1.807) is 13.1 Å². The van der Waals surface area contributed by atoms with E-state index in [4.69, 9.17) is 5.11 Å². The van der Waals surface area contributed by atoms with Crippen LogP contribution in [0.3, 0.4) is 0 Å². The summed E-state index contributed by atoms with van der Waals surface area (Å²) in [4.78, 5) is 0. The highest BCUT2D eigenvalue weighted by atomic mass is 16.3. The number of aliphatic hydroxyl groups is 1. The molecule has 0 aromatic heterocycles. The molecule has 0 saturated heterocycles. The molecule has 0 bridgehead atoms. The van der Waals surface area contributed by atoms with Crippen LogP contribution >= 0.6 is 0 Å². The summed E-state index contributed by atoms with van der Waals surface area (Å²) in [7, 11) is 0. The van der Waals surface area contributed by atoms with Crippen molar-refractivity contribution in [2.45, 2.75) is 13.2 Å². The fourth-order valence-electron chi connectivity index (χ4n) is 0.848. The molecule has 1 aromatic carbocycles. The van der Waals surface area contributed by atoms with Crippen LogP contribution in [0.25, 0.3) is 6.08 Å². The maximum Gasteiger partial charge on any atom is 0.121 e. The summed E-state index contributed by atoms with van der Waals surface area (Å²) in [5.74, 6) is 0. The van der Waals surface area contributed by atoms with Crippen LogP contribution in [0.5, 0.6) is 0 Å². The second-order valence-electron chi connectivity index (χ2n) is 2.59. The van der Waals surface area contributed by atoms with E-state index in [1.807, 2.05) is 36.4 Å². The molecule has 1 atom stereocenters. The lowest BCUT2D eigenvalue weighted by molar-refractivity contribution is 0.174. The van der Waals surface area contributed by atoms with Gasteiger partial charge in [-0.15, -0.1) is 0 Å². The van der Waals surface area contributed by atoms with Gasteiger partial charge >= 0.3 is 0 Å². The number of hydrogen-bond acceptors (Lipinski definition) is 2. The topological polar surface area (TPSA) is 32.3 Å². The van der Waals surface area contributed by atoms with Crippen molar-refractivity contribution in [2.75, 3.05) is 0 Å². The lowest BCUT2D eigenvalue weighted by atomic mass is 10.2. The van der Waals surface area contributed by atoms with Crippen LogP contribution in [-0.2, 0) is 0 Å². The van der Waals surface area contributed by atoms with Gasteiger partial charge in [0.15, 0.2) is 0 Å². The van der Waals surface area contributed by atoms with E-state index in [0.29, 0.717) is 0 Å². The summed E-state index contributed by atoms with van der Waals surface area (Å²) < 4.78 is 0. The largest absolute Gasteiger partial charge is 0.374 e. The van der Waals surface area contributed by atoms with Gasteiger partial charge in [-0.3, -0.25) is 0 Å². The third-order valence-corrected chi connectivity index (χ3v) is 1.41. The fraction of sp³-hybridized carbons (Fsp3) is 0.200. The minimum atomic E-state index is -0.495. The summed E-state index contributed by atoms with van der Waals surface area (Å²) >= 11 is 0. The Morgan fingerprint density at radius 1 is 1.33 bits per heavy atom. The van der Waals surface area contributed by atoms with E-state index in [-0.39, 0.29) is 0 Å². The minimum absolute atomic E-state index is 0.495. The summed E-state index contributed by atoms with van der Waals surface area (Å²) in [6.45, 7) is 1.68. The average Bonchev–Trinajstić information content (AvgIpc) is 2.05. The molecule has 0 saturated carbocycles. The van der Waals surface area contributed by atoms with Crippen molar-refractivity contribution >= 4 is 6.08 Å². The van der Waals surface area contributed by atoms with Gasteiger partial charge in [-0.05, 0) is 24.8 Å². The monoisotopic (exact) mass is 163 g/mol. The molecule has 0 fully saturated rings. The Bertz CT molecular complexity index is 241. The molecule has 1 unspecified atom stereocenters. The average molecular weight is 163 g/mol. The Morgan fingerprint density at radius 3 is 2.58 bits per heavy atom. The van der Waals surface area contributed by atoms with Crippen molar-refractivity contribution in [3.05, 3.63) is 42.1 Å². The first kappa shape index (κ1) is 8.81. The number of aliphatic hydroxyl groups excluding tert-OH is 1. The molecule has 0 aliphatic rings. The third kappa shape index (κ3) is 3.21. The van der Waals surface area contributed by atoms with E-state index in [1.165, 1.54) is 0 Å². The first-order valence-corrected chi connectivity index (χ1v) is 3.95. The molecule has 12 heavy (non-hydrogen) atoms. The lowest BCUT2D eigenvalue weighted by Crippen LogP contribution is -2.18. The van der Waals surface area contributed by atoms with Crippen molar-refractivity contribution in [1.82, 2.24) is 5.32 Å². The summed E-state index contributed by atoms with van der Waals surface area (Å²) in [5.41, 5.74) is 1.12. The van der Waals surface area contributed by atoms with Crippen LogP contribution in [0.2, 0.25) is 0 Å². The first-order chi connectivity index (χ1) is 5.79. The molecule has 0 radical (unpaired) electrons. The van der Waals surface area contributed by atoms with Crippen molar-refractivity contribution in [3.8, 4) is 0 Å². The third-order valence-electron chi connectivity index (χ3n) is 1.41. The second kappa shape index (κ2) is 4.57. The molecular formula is C10H13NO. The summed E-state index contributed by atoms with van der Waals surface area (Å²) in [5, 5.41) is 11.6. The summed E-state index contributed by atoms with van der Waals surface area (Å²) in [6.07, 6.45) is 3.15. The van der Waals surface area contributed by atoms with Gasteiger partial charge in [0.2, 0.25) is 0 Å². The van der Waals surface area contributed by atoms with Crippen LogP contribution in [0.4, 0.5) is 0 Å². The maximum absolute atomic E-state index is 8.87. The van der Waals surface area contributed by atoms with Gasteiger partial charge in [-0.2, -0.15) is 0 Å². The van der Waals surface area contributed by atoms with Crippen LogP contribution in [0.15, 0.2) is 36.5 Å². The van der Waals surface area contributed by atoms with Crippen LogP contribution in [0, 0.1) is 0 Å².